The number of nitrogens with one attached hydrogen (secondary N) is 2. The standard InChI is InChI=1S/C21H25N3O4/c1-13(2)16(19(22)26)23-21(28)18(25)17(14-9-5-3-6-10-14)24-20(27)15-11-7-4-8-12-15/h3-13,16-18,25H,1-2H3,(H2,22,26)(H,23,28)(H,24,27)/t16-,17+,18-/m1/s1. The van der Waals surface area contributed by atoms with Crippen LogP contribution in [0.5, 0.6) is 0 Å². The van der Waals surface area contributed by atoms with Gasteiger partial charge in [-0.1, -0.05) is 62.4 Å². The van der Waals surface area contributed by atoms with E-state index in [4.69, 9.17) is 5.73 Å². The number of carbonyl (C=O) groups is 3. The molecule has 0 saturated carbocycles. The Bertz CT molecular complexity index is 809. The maximum atomic E-state index is 12.6. The highest BCUT2D eigenvalue weighted by Gasteiger charge is 2.32. The van der Waals surface area contributed by atoms with Crippen LogP contribution in [0.15, 0.2) is 60.7 Å². The number of carbonyl (C=O) groups excluding carboxylic acids is 3. The number of amides is 3. The van der Waals surface area contributed by atoms with E-state index in [0.717, 1.165) is 0 Å². The molecule has 0 aliphatic carbocycles. The van der Waals surface area contributed by atoms with Gasteiger partial charge in [-0.2, -0.15) is 0 Å². The van der Waals surface area contributed by atoms with E-state index in [9.17, 15) is 19.5 Å². The molecular weight excluding hydrogens is 358 g/mol. The maximum absolute atomic E-state index is 12.6. The van der Waals surface area contributed by atoms with Crippen LogP contribution in [0.25, 0.3) is 0 Å². The van der Waals surface area contributed by atoms with Gasteiger partial charge in [0, 0.05) is 5.56 Å². The van der Waals surface area contributed by atoms with Gasteiger partial charge in [0.1, 0.15) is 6.04 Å². The van der Waals surface area contributed by atoms with E-state index in [2.05, 4.69) is 10.6 Å². The van der Waals surface area contributed by atoms with Crippen molar-refractivity contribution < 1.29 is 19.5 Å². The molecule has 7 heteroatoms. The summed E-state index contributed by atoms with van der Waals surface area (Å²) in [5.41, 5.74) is 6.27. The smallest absolute Gasteiger partial charge is 0.252 e. The van der Waals surface area contributed by atoms with Crippen molar-refractivity contribution in [2.24, 2.45) is 11.7 Å². The summed E-state index contributed by atoms with van der Waals surface area (Å²) in [6, 6.07) is 15.2. The highest BCUT2D eigenvalue weighted by Crippen LogP contribution is 2.19. The third-order valence-electron chi connectivity index (χ3n) is 4.34. The van der Waals surface area contributed by atoms with Crippen LogP contribution in [0.3, 0.4) is 0 Å². The lowest BCUT2D eigenvalue weighted by atomic mass is 9.98. The average Bonchev–Trinajstić information content (AvgIpc) is 2.70. The van der Waals surface area contributed by atoms with Crippen LogP contribution < -0.4 is 16.4 Å². The molecule has 2 rings (SSSR count). The first-order chi connectivity index (χ1) is 13.3. The molecule has 2 aromatic carbocycles. The highest BCUT2D eigenvalue weighted by molar-refractivity contribution is 5.95. The summed E-state index contributed by atoms with van der Waals surface area (Å²) in [6.45, 7) is 3.46. The van der Waals surface area contributed by atoms with Gasteiger partial charge in [0.15, 0.2) is 6.10 Å². The molecule has 0 aliphatic heterocycles. The Morgan fingerprint density at radius 1 is 0.893 bits per heavy atom. The third kappa shape index (κ3) is 5.40. The zero-order chi connectivity index (χ0) is 20.7. The molecule has 0 fully saturated rings. The van der Waals surface area contributed by atoms with E-state index in [1.165, 1.54) is 0 Å². The summed E-state index contributed by atoms with van der Waals surface area (Å²) in [7, 11) is 0. The minimum atomic E-state index is -1.62. The van der Waals surface area contributed by atoms with Gasteiger partial charge >= 0.3 is 0 Å². The lowest BCUT2D eigenvalue weighted by Crippen LogP contribution is -2.53. The van der Waals surface area contributed by atoms with Crippen LogP contribution in [0.2, 0.25) is 0 Å². The zero-order valence-electron chi connectivity index (χ0n) is 15.8. The quantitative estimate of drug-likeness (QED) is 0.546. The van der Waals surface area contributed by atoms with Crippen LogP contribution in [-0.4, -0.2) is 35.0 Å². The highest BCUT2D eigenvalue weighted by atomic mass is 16.3. The largest absolute Gasteiger partial charge is 0.381 e. The van der Waals surface area contributed by atoms with Crippen LogP contribution in [0.1, 0.15) is 35.8 Å². The molecule has 0 saturated heterocycles. The van der Waals surface area contributed by atoms with Gasteiger partial charge < -0.3 is 21.5 Å². The number of aliphatic hydroxyl groups excluding tert-OH is 1. The molecule has 3 atom stereocenters. The third-order valence-corrected chi connectivity index (χ3v) is 4.34. The van der Waals surface area contributed by atoms with Crippen molar-refractivity contribution in [1.82, 2.24) is 10.6 Å². The van der Waals surface area contributed by atoms with E-state index < -0.39 is 35.9 Å². The first-order valence-electron chi connectivity index (χ1n) is 9.00. The Kier molecular flexibility index (Phi) is 7.28. The van der Waals surface area contributed by atoms with Crippen molar-refractivity contribution in [2.75, 3.05) is 0 Å². The van der Waals surface area contributed by atoms with Gasteiger partial charge in [-0.05, 0) is 23.6 Å². The topological polar surface area (TPSA) is 122 Å². The summed E-state index contributed by atoms with van der Waals surface area (Å²) in [6.07, 6.45) is -1.62. The number of rotatable bonds is 8. The molecular formula is C21H25N3O4. The fourth-order valence-corrected chi connectivity index (χ4v) is 2.78. The molecule has 0 bridgehead atoms. The Morgan fingerprint density at radius 3 is 1.93 bits per heavy atom. The summed E-state index contributed by atoms with van der Waals surface area (Å²) < 4.78 is 0. The average molecular weight is 383 g/mol. The SMILES string of the molecule is CC(C)[C@@H](NC(=O)[C@H](O)[C@@H](NC(=O)c1ccccc1)c1ccccc1)C(N)=O. The fraction of sp³-hybridized carbons (Fsp3) is 0.286. The van der Waals surface area contributed by atoms with Gasteiger partial charge in [-0.3, -0.25) is 14.4 Å². The summed E-state index contributed by atoms with van der Waals surface area (Å²) in [4.78, 5) is 36.7. The predicted octanol–water partition coefficient (Wildman–Crippen LogP) is 1.14. The molecule has 0 aromatic heterocycles. The summed E-state index contributed by atoms with van der Waals surface area (Å²) in [5.74, 6) is -2.17. The lowest BCUT2D eigenvalue weighted by molar-refractivity contribution is -0.135. The Hall–Kier alpha value is -3.19. The summed E-state index contributed by atoms with van der Waals surface area (Å²) in [5, 5.41) is 15.8. The molecule has 0 unspecified atom stereocenters. The molecule has 0 aliphatic rings. The van der Waals surface area contributed by atoms with Crippen LogP contribution >= 0.6 is 0 Å². The van der Waals surface area contributed by atoms with E-state index in [0.29, 0.717) is 11.1 Å². The number of hydrogen-bond donors (Lipinski definition) is 4. The zero-order valence-corrected chi connectivity index (χ0v) is 15.8. The van der Waals surface area contributed by atoms with E-state index in [1.54, 1.807) is 74.5 Å². The Balaban J connectivity index is 2.25. The van der Waals surface area contributed by atoms with Crippen molar-refractivity contribution >= 4 is 17.7 Å². The van der Waals surface area contributed by atoms with Crippen molar-refractivity contribution in [3.63, 3.8) is 0 Å². The van der Waals surface area contributed by atoms with Crippen molar-refractivity contribution in [3.05, 3.63) is 71.8 Å². The normalized spacial score (nSPS) is 14.0. The number of benzene rings is 2. The number of primary amides is 1. The molecule has 0 heterocycles. The van der Waals surface area contributed by atoms with Gasteiger partial charge in [-0.15, -0.1) is 0 Å². The first kappa shape index (κ1) is 21.1. The maximum Gasteiger partial charge on any atom is 0.252 e. The number of hydrogen-bond acceptors (Lipinski definition) is 4. The van der Waals surface area contributed by atoms with Crippen LogP contribution in [-0.2, 0) is 9.59 Å². The van der Waals surface area contributed by atoms with Crippen LogP contribution in [0, 0.1) is 5.92 Å². The number of aliphatic hydroxyl groups is 1. The molecule has 0 radical (unpaired) electrons. The monoisotopic (exact) mass is 383 g/mol. The lowest BCUT2D eigenvalue weighted by Gasteiger charge is -2.26. The predicted molar refractivity (Wildman–Crippen MR) is 105 cm³/mol. The van der Waals surface area contributed by atoms with Crippen molar-refractivity contribution in [1.29, 1.82) is 0 Å². The van der Waals surface area contributed by atoms with Crippen molar-refractivity contribution in [3.8, 4) is 0 Å². The first-order valence-corrected chi connectivity index (χ1v) is 9.00. The van der Waals surface area contributed by atoms with E-state index in [1.807, 2.05) is 0 Å². The molecule has 148 valence electrons. The second-order valence-corrected chi connectivity index (χ2v) is 6.81. The summed E-state index contributed by atoms with van der Waals surface area (Å²) >= 11 is 0. The molecule has 3 amide bonds. The molecule has 28 heavy (non-hydrogen) atoms. The molecule has 0 spiro atoms. The van der Waals surface area contributed by atoms with Gasteiger partial charge in [0.2, 0.25) is 5.91 Å². The molecule has 7 nitrogen and oxygen atoms in total. The van der Waals surface area contributed by atoms with Crippen LogP contribution in [0.4, 0.5) is 0 Å². The Morgan fingerprint density at radius 2 is 1.43 bits per heavy atom. The second-order valence-electron chi connectivity index (χ2n) is 6.81. The van der Waals surface area contributed by atoms with Gasteiger partial charge in [0.25, 0.3) is 11.8 Å². The minimum absolute atomic E-state index is 0.247. The Labute approximate surface area is 163 Å². The minimum Gasteiger partial charge on any atom is -0.381 e. The second kappa shape index (κ2) is 9.66. The van der Waals surface area contributed by atoms with E-state index in [-0.39, 0.29) is 5.92 Å². The number of nitrogens with two attached hydrogens (primary N) is 1. The van der Waals surface area contributed by atoms with Gasteiger partial charge in [-0.25, -0.2) is 0 Å². The molecule has 2 aromatic rings. The van der Waals surface area contributed by atoms with Gasteiger partial charge in [0.05, 0.1) is 6.04 Å². The molecule has 5 N–H and O–H groups in total. The van der Waals surface area contributed by atoms with Crippen molar-refractivity contribution in [2.45, 2.75) is 32.0 Å². The van der Waals surface area contributed by atoms with E-state index >= 15 is 0 Å². The fourth-order valence-electron chi connectivity index (χ4n) is 2.78.